The molecule has 2 amide bonds. The van der Waals surface area contributed by atoms with E-state index in [0.29, 0.717) is 12.6 Å². The summed E-state index contributed by atoms with van der Waals surface area (Å²) < 4.78 is 10.3. The Labute approximate surface area is 175 Å². The molecule has 0 unspecified atom stereocenters. The lowest BCUT2D eigenvalue weighted by atomic mass is 9.97. The van der Waals surface area contributed by atoms with Gasteiger partial charge in [0.25, 0.3) is 11.8 Å². The van der Waals surface area contributed by atoms with Crippen molar-refractivity contribution in [2.24, 2.45) is 0 Å². The van der Waals surface area contributed by atoms with Crippen LogP contribution in [0.15, 0.2) is 12.1 Å². The van der Waals surface area contributed by atoms with Crippen LogP contribution in [0.3, 0.4) is 0 Å². The summed E-state index contributed by atoms with van der Waals surface area (Å²) >= 11 is 0. The van der Waals surface area contributed by atoms with Gasteiger partial charge in [-0.1, -0.05) is 0 Å². The van der Waals surface area contributed by atoms with Gasteiger partial charge in [-0.3, -0.25) is 19.2 Å². The third-order valence-electron chi connectivity index (χ3n) is 4.24. The molecular weight excluding hydrogens is 396 g/mol. The fraction of sp³-hybridized carbons (Fsp3) is 0.500. The minimum atomic E-state index is -0.509. The van der Waals surface area contributed by atoms with Gasteiger partial charge in [-0.05, 0) is 12.1 Å². The first-order valence-electron chi connectivity index (χ1n) is 9.37. The van der Waals surface area contributed by atoms with E-state index in [4.69, 9.17) is 19.7 Å². The van der Waals surface area contributed by atoms with Crippen molar-refractivity contribution < 1.29 is 38.9 Å². The highest BCUT2D eigenvalue weighted by atomic mass is 16.5. The number of aliphatic hydroxyl groups is 2. The maximum Gasteiger partial charge on any atom is 0.254 e. The van der Waals surface area contributed by atoms with E-state index in [1.165, 1.54) is 36.0 Å². The number of hydrogen-bond donors (Lipinski definition) is 2. The second-order valence-electron chi connectivity index (χ2n) is 6.39. The van der Waals surface area contributed by atoms with Crippen molar-refractivity contribution >= 4 is 24.4 Å². The highest BCUT2D eigenvalue weighted by Crippen LogP contribution is 2.18. The highest BCUT2D eigenvalue weighted by Gasteiger charge is 2.23. The smallest absolute Gasteiger partial charge is 0.254 e. The van der Waals surface area contributed by atoms with Crippen LogP contribution in [0.25, 0.3) is 0 Å². The van der Waals surface area contributed by atoms with E-state index in [-0.39, 0.29) is 75.0 Å². The number of nitrogens with zero attached hydrogens (tertiary/aromatic N) is 2. The number of hydrogen-bond acceptors (Lipinski definition) is 8. The topological polar surface area (TPSA) is 134 Å². The first-order chi connectivity index (χ1) is 14.4. The monoisotopic (exact) mass is 424 g/mol. The predicted molar refractivity (Wildman–Crippen MR) is 107 cm³/mol. The molecule has 0 radical (unpaired) electrons. The Bertz CT molecular complexity index is 681. The van der Waals surface area contributed by atoms with Crippen molar-refractivity contribution in [3.63, 3.8) is 0 Å². The number of carbonyl (C=O) groups excluding carboxylic acids is 4. The molecule has 0 aliphatic carbocycles. The van der Waals surface area contributed by atoms with Crippen LogP contribution in [0, 0.1) is 0 Å². The average molecular weight is 424 g/mol. The minimum Gasteiger partial charge on any atom is -0.394 e. The van der Waals surface area contributed by atoms with E-state index < -0.39 is 11.8 Å². The fourth-order valence-electron chi connectivity index (χ4n) is 2.55. The van der Waals surface area contributed by atoms with Crippen molar-refractivity contribution in [1.29, 1.82) is 0 Å². The Balaban J connectivity index is 3.08. The summed E-state index contributed by atoms with van der Waals surface area (Å²) in [6.07, 6.45) is 0.911. The Kier molecular flexibility index (Phi) is 11.5. The molecule has 0 atom stereocenters. The molecule has 0 aliphatic rings. The van der Waals surface area contributed by atoms with Crippen molar-refractivity contribution in [2.75, 3.05) is 66.8 Å². The zero-order valence-electron chi connectivity index (χ0n) is 17.2. The van der Waals surface area contributed by atoms with Gasteiger partial charge < -0.3 is 29.5 Å². The Morgan fingerprint density at radius 2 is 1.20 bits per heavy atom. The molecule has 0 spiro atoms. The van der Waals surface area contributed by atoms with Gasteiger partial charge in [0.1, 0.15) is 0 Å². The highest BCUT2D eigenvalue weighted by molar-refractivity contribution is 6.08. The first kappa shape index (κ1) is 25.4. The maximum atomic E-state index is 12.8. The zero-order valence-corrected chi connectivity index (χ0v) is 17.2. The molecular formula is C20H28N2O8. The van der Waals surface area contributed by atoms with Gasteiger partial charge in [-0.2, -0.15) is 0 Å². The van der Waals surface area contributed by atoms with Gasteiger partial charge in [-0.25, -0.2) is 0 Å². The van der Waals surface area contributed by atoms with E-state index in [1.807, 2.05) is 0 Å². The summed E-state index contributed by atoms with van der Waals surface area (Å²) in [5.41, 5.74) is -0.0199. The number of aldehydes is 2. The van der Waals surface area contributed by atoms with E-state index in [2.05, 4.69) is 0 Å². The second kappa shape index (κ2) is 13.5. The summed E-state index contributed by atoms with van der Waals surface area (Å²) in [7, 11) is 3.03. The van der Waals surface area contributed by atoms with Crippen molar-refractivity contribution in [3.8, 4) is 0 Å². The van der Waals surface area contributed by atoms with Crippen LogP contribution in [0.2, 0.25) is 0 Å². The predicted octanol–water partition coefficient (Wildman–Crippen LogP) is -0.527. The van der Waals surface area contributed by atoms with E-state index in [9.17, 15) is 19.2 Å². The molecule has 166 valence electrons. The molecule has 1 aromatic carbocycles. The molecule has 0 aliphatic heterocycles. The SMILES string of the molecule is CN(CCOCCO)C(=O)c1cc(C(=O)N(C)CCOCCO)c(C=O)cc1C=O. The molecule has 1 aromatic rings. The summed E-state index contributed by atoms with van der Waals surface area (Å²) in [5, 5.41) is 17.4. The van der Waals surface area contributed by atoms with Crippen LogP contribution in [0.1, 0.15) is 41.4 Å². The molecule has 30 heavy (non-hydrogen) atoms. The number of rotatable bonds is 14. The maximum absolute atomic E-state index is 12.8. The molecule has 1 rings (SSSR count). The van der Waals surface area contributed by atoms with Crippen LogP contribution >= 0.6 is 0 Å². The van der Waals surface area contributed by atoms with E-state index in [1.54, 1.807) is 0 Å². The number of carbonyl (C=O) groups is 4. The molecule has 0 fully saturated rings. The van der Waals surface area contributed by atoms with Crippen LogP contribution in [0.5, 0.6) is 0 Å². The molecule has 0 heterocycles. The standard InChI is InChI=1S/C20H28N2O8/c1-21(3-7-29-9-5-23)19(27)17-12-18(16(14-26)11-15(17)13-25)20(28)22(2)4-8-30-10-6-24/h11-14,23-24H,3-10H2,1-2H3. The Morgan fingerprint density at radius 3 is 1.53 bits per heavy atom. The average Bonchev–Trinajstić information content (AvgIpc) is 2.77. The molecule has 0 bridgehead atoms. The third-order valence-corrected chi connectivity index (χ3v) is 4.24. The largest absolute Gasteiger partial charge is 0.394 e. The van der Waals surface area contributed by atoms with Crippen LogP contribution in [-0.2, 0) is 9.47 Å². The quantitative estimate of drug-likeness (QED) is 0.301. The Morgan fingerprint density at radius 1 is 0.800 bits per heavy atom. The van der Waals surface area contributed by atoms with Gasteiger partial charge in [0, 0.05) is 38.3 Å². The molecule has 0 saturated carbocycles. The molecule has 10 nitrogen and oxygen atoms in total. The number of benzene rings is 1. The normalized spacial score (nSPS) is 10.5. The lowest BCUT2D eigenvalue weighted by molar-refractivity contribution is 0.0614. The van der Waals surface area contributed by atoms with Crippen LogP contribution < -0.4 is 0 Å². The zero-order chi connectivity index (χ0) is 22.5. The van der Waals surface area contributed by atoms with E-state index in [0.717, 1.165) is 0 Å². The van der Waals surface area contributed by atoms with Crippen molar-refractivity contribution in [3.05, 3.63) is 34.4 Å². The lowest BCUT2D eigenvalue weighted by Crippen LogP contribution is -2.33. The van der Waals surface area contributed by atoms with Gasteiger partial charge in [0.05, 0.1) is 50.8 Å². The third kappa shape index (κ3) is 7.30. The minimum absolute atomic E-state index is 0.00397. The molecule has 0 saturated heterocycles. The summed E-state index contributed by atoms with van der Waals surface area (Å²) in [5.74, 6) is -1.02. The van der Waals surface area contributed by atoms with Crippen molar-refractivity contribution in [2.45, 2.75) is 0 Å². The number of aliphatic hydroxyl groups excluding tert-OH is 2. The van der Waals surface area contributed by atoms with Gasteiger partial charge >= 0.3 is 0 Å². The first-order valence-corrected chi connectivity index (χ1v) is 9.37. The lowest BCUT2D eigenvalue weighted by Gasteiger charge is -2.21. The van der Waals surface area contributed by atoms with Crippen molar-refractivity contribution in [1.82, 2.24) is 9.80 Å². The van der Waals surface area contributed by atoms with Gasteiger partial charge in [-0.15, -0.1) is 0 Å². The van der Waals surface area contributed by atoms with Crippen LogP contribution in [0.4, 0.5) is 0 Å². The molecule has 0 aromatic heterocycles. The van der Waals surface area contributed by atoms with Crippen LogP contribution in [-0.4, -0.2) is 111 Å². The Hall–Kier alpha value is -2.66. The van der Waals surface area contributed by atoms with E-state index >= 15 is 0 Å². The summed E-state index contributed by atoms with van der Waals surface area (Å²) in [6.45, 7) is 0.803. The second-order valence-corrected chi connectivity index (χ2v) is 6.39. The number of ether oxygens (including phenoxy) is 2. The molecule has 2 N–H and O–H groups in total. The van der Waals surface area contributed by atoms with Gasteiger partial charge in [0.2, 0.25) is 0 Å². The summed E-state index contributed by atoms with van der Waals surface area (Å²) in [4.78, 5) is 51.1. The fourth-order valence-corrected chi connectivity index (χ4v) is 2.55. The number of likely N-dealkylation sites (N-methyl/N-ethyl adjacent to an activating group) is 2. The number of amides is 2. The molecule has 10 heteroatoms. The van der Waals surface area contributed by atoms with Gasteiger partial charge in [0.15, 0.2) is 12.6 Å². The summed E-state index contributed by atoms with van der Waals surface area (Å²) in [6, 6.07) is 2.46.